The molecule has 0 amide bonds. The van der Waals surface area contributed by atoms with Crippen LogP contribution in [-0.2, 0) is 14.3 Å². The standard InChI is InChI=1S/C13H15NO5/c1-9(15)10-3-5-11(6-4-10)14(7-12(16)17)8-13(18)19-2/h3-6H,7-8H2,1-2H3,(H,16,17). The zero-order chi connectivity index (χ0) is 14.4. The van der Waals surface area contributed by atoms with E-state index in [0.29, 0.717) is 11.3 Å². The minimum absolute atomic E-state index is 0.0793. The lowest BCUT2D eigenvalue weighted by Gasteiger charge is -2.21. The molecule has 1 N–H and O–H groups in total. The predicted molar refractivity (Wildman–Crippen MR) is 68.3 cm³/mol. The summed E-state index contributed by atoms with van der Waals surface area (Å²) in [6.45, 7) is 0.954. The lowest BCUT2D eigenvalue weighted by atomic mass is 10.1. The van der Waals surface area contributed by atoms with Crippen LogP contribution < -0.4 is 4.90 Å². The molecule has 0 bridgehead atoms. The number of methoxy groups -OCH3 is 1. The molecule has 0 aliphatic carbocycles. The third-order valence-electron chi connectivity index (χ3n) is 2.51. The number of aliphatic carboxylic acids is 1. The van der Waals surface area contributed by atoms with Crippen molar-refractivity contribution in [3.05, 3.63) is 29.8 Å². The maximum atomic E-state index is 11.2. The van der Waals surface area contributed by atoms with Crippen LogP contribution in [0.3, 0.4) is 0 Å². The van der Waals surface area contributed by atoms with E-state index in [0.717, 1.165) is 0 Å². The van der Waals surface area contributed by atoms with Gasteiger partial charge in [-0.25, -0.2) is 0 Å². The van der Waals surface area contributed by atoms with Crippen LogP contribution in [0, 0.1) is 0 Å². The van der Waals surface area contributed by atoms with Gasteiger partial charge in [-0.15, -0.1) is 0 Å². The molecule has 6 heteroatoms. The van der Waals surface area contributed by atoms with E-state index in [1.807, 2.05) is 0 Å². The Kier molecular flexibility index (Phi) is 5.05. The number of carboxylic acids is 1. The molecule has 0 atom stereocenters. The molecule has 1 aromatic carbocycles. The monoisotopic (exact) mass is 265 g/mol. The molecular weight excluding hydrogens is 250 g/mol. The fourth-order valence-electron chi connectivity index (χ4n) is 1.53. The van der Waals surface area contributed by atoms with Gasteiger partial charge in [-0.05, 0) is 31.2 Å². The summed E-state index contributed by atoms with van der Waals surface area (Å²) in [6, 6.07) is 6.37. The van der Waals surface area contributed by atoms with Crippen molar-refractivity contribution in [2.75, 3.05) is 25.1 Å². The van der Waals surface area contributed by atoms with Crippen molar-refractivity contribution in [1.82, 2.24) is 0 Å². The quantitative estimate of drug-likeness (QED) is 0.609. The molecular formula is C13H15NO5. The number of anilines is 1. The molecule has 0 radical (unpaired) electrons. The first kappa shape index (κ1) is 14.7. The second-order valence-electron chi connectivity index (χ2n) is 3.93. The maximum Gasteiger partial charge on any atom is 0.325 e. The van der Waals surface area contributed by atoms with E-state index in [-0.39, 0.29) is 18.9 Å². The minimum Gasteiger partial charge on any atom is -0.480 e. The van der Waals surface area contributed by atoms with Gasteiger partial charge in [0.25, 0.3) is 0 Å². The number of hydrogen-bond donors (Lipinski definition) is 1. The number of nitrogens with zero attached hydrogens (tertiary/aromatic N) is 1. The Hall–Kier alpha value is -2.37. The van der Waals surface area contributed by atoms with Crippen LogP contribution in [0.5, 0.6) is 0 Å². The van der Waals surface area contributed by atoms with Gasteiger partial charge in [0, 0.05) is 11.3 Å². The number of hydrogen-bond acceptors (Lipinski definition) is 5. The van der Waals surface area contributed by atoms with Gasteiger partial charge in [0.1, 0.15) is 13.1 Å². The normalized spacial score (nSPS) is 9.79. The van der Waals surface area contributed by atoms with Crippen molar-refractivity contribution in [2.24, 2.45) is 0 Å². The Labute approximate surface area is 110 Å². The second kappa shape index (κ2) is 6.53. The van der Waals surface area contributed by atoms with E-state index < -0.39 is 11.9 Å². The molecule has 1 aromatic rings. The number of Topliss-reactive ketones (excluding diaryl/α,β-unsaturated/α-hetero) is 1. The van der Waals surface area contributed by atoms with E-state index >= 15 is 0 Å². The minimum atomic E-state index is -1.06. The van der Waals surface area contributed by atoms with Crippen LogP contribution in [0.2, 0.25) is 0 Å². The molecule has 0 aliphatic heterocycles. The number of esters is 1. The summed E-state index contributed by atoms with van der Waals surface area (Å²) in [5, 5.41) is 8.83. The maximum absolute atomic E-state index is 11.2. The molecule has 0 heterocycles. The summed E-state index contributed by atoms with van der Waals surface area (Å²) < 4.78 is 4.52. The highest BCUT2D eigenvalue weighted by molar-refractivity contribution is 5.94. The van der Waals surface area contributed by atoms with Crippen molar-refractivity contribution < 1.29 is 24.2 Å². The van der Waals surface area contributed by atoms with Crippen LogP contribution in [0.15, 0.2) is 24.3 Å². The summed E-state index contributed by atoms with van der Waals surface area (Å²) in [4.78, 5) is 34.5. The average Bonchev–Trinajstić information content (AvgIpc) is 2.37. The topological polar surface area (TPSA) is 83.9 Å². The molecule has 1 rings (SSSR count). The highest BCUT2D eigenvalue weighted by Gasteiger charge is 2.15. The van der Waals surface area contributed by atoms with Crippen LogP contribution in [0.25, 0.3) is 0 Å². The van der Waals surface area contributed by atoms with E-state index in [2.05, 4.69) is 4.74 Å². The van der Waals surface area contributed by atoms with E-state index in [4.69, 9.17) is 5.11 Å². The van der Waals surface area contributed by atoms with Gasteiger partial charge in [-0.3, -0.25) is 14.4 Å². The van der Waals surface area contributed by atoms with Crippen LogP contribution in [0.1, 0.15) is 17.3 Å². The van der Waals surface area contributed by atoms with Crippen LogP contribution >= 0.6 is 0 Å². The molecule has 6 nitrogen and oxygen atoms in total. The first-order chi connectivity index (χ1) is 8.93. The van der Waals surface area contributed by atoms with E-state index in [1.54, 1.807) is 24.3 Å². The zero-order valence-corrected chi connectivity index (χ0v) is 10.8. The van der Waals surface area contributed by atoms with Crippen LogP contribution in [0.4, 0.5) is 5.69 Å². The van der Waals surface area contributed by atoms with Gasteiger partial charge < -0.3 is 14.7 Å². The smallest absolute Gasteiger partial charge is 0.325 e. The van der Waals surface area contributed by atoms with Crippen molar-refractivity contribution in [3.63, 3.8) is 0 Å². The molecule has 0 aromatic heterocycles. The zero-order valence-electron chi connectivity index (χ0n) is 10.8. The van der Waals surface area contributed by atoms with Gasteiger partial charge in [0.2, 0.25) is 0 Å². The van der Waals surface area contributed by atoms with Gasteiger partial charge in [0.05, 0.1) is 7.11 Å². The molecule has 0 fully saturated rings. The number of rotatable bonds is 6. The molecule has 0 aliphatic rings. The third kappa shape index (κ3) is 4.42. The number of carbonyl (C=O) groups excluding carboxylic acids is 2. The molecule has 102 valence electrons. The van der Waals surface area contributed by atoms with Gasteiger partial charge >= 0.3 is 11.9 Å². The van der Waals surface area contributed by atoms with Crippen molar-refractivity contribution in [2.45, 2.75) is 6.92 Å². The van der Waals surface area contributed by atoms with Gasteiger partial charge in [-0.2, -0.15) is 0 Å². The number of benzene rings is 1. The summed E-state index contributed by atoms with van der Waals surface area (Å²) >= 11 is 0. The fraction of sp³-hybridized carbons (Fsp3) is 0.308. The van der Waals surface area contributed by atoms with Crippen molar-refractivity contribution in [3.8, 4) is 0 Å². The van der Waals surface area contributed by atoms with E-state index in [1.165, 1.54) is 18.9 Å². The van der Waals surface area contributed by atoms with Gasteiger partial charge in [0.15, 0.2) is 5.78 Å². The number of ketones is 1. The second-order valence-corrected chi connectivity index (χ2v) is 3.93. The first-order valence-electron chi connectivity index (χ1n) is 5.58. The highest BCUT2D eigenvalue weighted by atomic mass is 16.5. The Morgan fingerprint density at radius 3 is 2.16 bits per heavy atom. The Balaban J connectivity index is 2.92. The molecule has 0 saturated carbocycles. The summed E-state index contributed by atoms with van der Waals surface area (Å²) in [7, 11) is 1.24. The van der Waals surface area contributed by atoms with E-state index in [9.17, 15) is 14.4 Å². The molecule has 19 heavy (non-hydrogen) atoms. The van der Waals surface area contributed by atoms with Gasteiger partial charge in [-0.1, -0.05) is 0 Å². The SMILES string of the molecule is COC(=O)CN(CC(=O)O)c1ccc(C(C)=O)cc1. The average molecular weight is 265 g/mol. The summed E-state index contributed by atoms with van der Waals surface area (Å²) in [5.74, 6) is -1.67. The first-order valence-corrected chi connectivity index (χ1v) is 5.58. The Bertz CT molecular complexity index is 480. The Morgan fingerprint density at radius 1 is 1.16 bits per heavy atom. The lowest BCUT2D eigenvalue weighted by Crippen LogP contribution is -2.35. The number of carboxylic acid groups (broad SMARTS) is 1. The van der Waals surface area contributed by atoms with Crippen molar-refractivity contribution in [1.29, 1.82) is 0 Å². The molecule has 0 saturated heterocycles. The largest absolute Gasteiger partial charge is 0.480 e. The predicted octanol–water partition coefficient (Wildman–Crippen LogP) is 0.953. The number of carbonyl (C=O) groups is 3. The summed E-state index contributed by atoms with van der Waals surface area (Å²) in [5.41, 5.74) is 1.06. The lowest BCUT2D eigenvalue weighted by molar-refractivity contribution is -0.139. The third-order valence-corrected chi connectivity index (χ3v) is 2.51. The highest BCUT2D eigenvalue weighted by Crippen LogP contribution is 2.15. The molecule has 0 spiro atoms. The van der Waals surface area contributed by atoms with Crippen molar-refractivity contribution >= 4 is 23.4 Å². The van der Waals surface area contributed by atoms with Crippen LogP contribution in [-0.4, -0.2) is 43.0 Å². The Morgan fingerprint density at radius 2 is 1.74 bits per heavy atom. The number of ether oxygens (including phenoxy) is 1. The fourth-order valence-corrected chi connectivity index (χ4v) is 1.53. The molecule has 0 unspecified atom stereocenters. The summed E-state index contributed by atoms with van der Waals surface area (Å²) in [6.07, 6.45) is 0.